The van der Waals surface area contributed by atoms with Gasteiger partial charge < -0.3 is 15.9 Å². The Morgan fingerprint density at radius 1 is 1.33 bits per heavy atom. The standard InChI is InChI=1S/C18H22N6O2S/c19-22-15(11-20-10-14-8-4-5-9-26-14)17(25)21-12-16-23-24-18(27-16)13-6-2-1-3-7-13/h1-3,6-7,11,14H,4-5,8-10,12,19H2,(H,21,25)/b20-11?,22-15+. The van der Waals surface area contributed by atoms with E-state index in [0.29, 0.717) is 11.6 Å². The number of hydrogen-bond donors (Lipinski definition) is 2. The van der Waals surface area contributed by atoms with Crippen molar-refractivity contribution in [3.8, 4) is 10.6 Å². The average Bonchev–Trinajstić information content (AvgIpc) is 3.20. The van der Waals surface area contributed by atoms with Gasteiger partial charge in [-0.15, -0.1) is 10.2 Å². The van der Waals surface area contributed by atoms with E-state index in [-0.39, 0.29) is 18.4 Å². The summed E-state index contributed by atoms with van der Waals surface area (Å²) in [6, 6.07) is 9.77. The fourth-order valence-corrected chi connectivity index (χ4v) is 3.41. The van der Waals surface area contributed by atoms with Gasteiger partial charge in [0.1, 0.15) is 10.0 Å². The number of aliphatic imine (C=N–C) groups is 1. The minimum Gasteiger partial charge on any atom is -0.376 e. The summed E-state index contributed by atoms with van der Waals surface area (Å²) in [5, 5.41) is 16.0. The normalized spacial score (nSPS) is 17.9. The quantitative estimate of drug-likeness (QED) is 0.428. The topological polar surface area (TPSA) is 115 Å². The van der Waals surface area contributed by atoms with Crippen molar-refractivity contribution in [2.45, 2.75) is 31.9 Å². The fourth-order valence-electron chi connectivity index (χ4n) is 2.63. The molecule has 1 atom stereocenters. The molecule has 1 amide bonds. The third-order valence-electron chi connectivity index (χ3n) is 4.06. The number of benzene rings is 1. The van der Waals surface area contributed by atoms with E-state index in [4.69, 9.17) is 10.6 Å². The smallest absolute Gasteiger partial charge is 0.273 e. The SMILES string of the molecule is N/N=C(\C=NCC1CCCCO1)C(=O)NCc1nnc(-c2ccccc2)s1. The first-order valence-corrected chi connectivity index (χ1v) is 9.63. The predicted molar refractivity (Wildman–Crippen MR) is 106 cm³/mol. The summed E-state index contributed by atoms with van der Waals surface area (Å²) in [6.45, 7) is 1.52. The van der Waals surface area contributed by atoms with E-state index in [1.54, 1.807) is 0 Å². The van der Waals surface area contributed by atoms with Gasteiger partial charge in [-0.2, -0.15) is 5.10 Å². The molecule has 142 valence electrons. The maximum absolute atomic E-state index is 12.2. The van der Waals surface area contributed by atoms with Crippen LogP contribution in [0.4, 0.5) is 0 Å². The number of carbonyl (C=O) groups excluding carboxylic acids is 1. The molecule has 1 aliphatic rings. The van der Waals surface area contributed by atoms with Crippen LogP contribution in [0.15, 0.2) is 40.4 Å². The van der Waals surface area contributed by atoms with Crippen LogP contribution in [-0.4, -0.2) is 47.3 Å². The zero-order chi connectivity index (χ0) is 18.9. The fraction of sp³-hybridized carbons (Fsp3) is 0.389. The number of nitrogens with two attached hydrogens (primary N) is 1. The van der Waals surface area contributed by atoms with Crippen LogP contribution in [0.2, 0.25) is 0 Å². The van der Waals surface area contributed by atoms with Crippen LogP contribution in [0.25, 0.3) is 10.6 Å². The molecule has 0 spiro atoms. The molecule has 27 heavy (non-hydrogen) atoms. The molecule has 2 aromatic rings. The van der Waals surface area contributed by atoms with Crippen LogP contribution in [0.5, 0.6) is 0 Å². The molecule has 1 aromatic carbocycles. The van der Waals surface area contributed by atoms with Gasteiger partial charge in [0, 0.05) is 12.2 Å². The summed E-state index contributed by atoms with van der Waals surface area (Å²) in [4.78, 5) is 16.5. The lowest BCUT2D eigenvalue weighted by atomic mass is 10.1. The largest absolute Gasteiger partial charge is 0.376 e. The van der Waals surface area contributed by atoms with E-state index in [1.807, 2.05) is 30.3 Å². The van der Waals surface area contributed by atoms with E-state index in [1.165, 1.54) is 17.6 Å². The monoisotopic (exact) mass is 386 g/mol. The first kappa shape index (κ1) is 19.1. The van der Waals surface area contributed by atoms with Crippen LogP contribution >= 0.6 is 11.3 Å². The zero-order valence-corrected chi connectivity index (χ0v) is 15.7. The minimum atomic E-state index is -0.401. The number of hydrogen-bond acceptors (Lipinski definition) is 8. The highest BCUT2D eigenvalue weighted by atomic mass is 32.1. The Kier molecular flexibility index (Phi) is 7.00. The molecule has 1 aliphatic heterocycles. The minimum absolute atomic E-state index is 0.0682. The summed E-state index contributed by atoms with van der Waals surface area (Å²) in [5.41, 5.74) is 1.06. The Balaban J connectivity index is 1.49. The van der Waals surface area contributed by atoms with Crippen molar-refractivity contribution in [2.75, 3.05) is 13.2 Å². The summed E-state index contributed by atoms with van der Waals surface area (Å²) in [7, 11) is 0. The molecule has 1 saturated heterocycles. The highest BCUT2D eigenvalue weighted by molar-refractivity contribution is 7.14. The summed E-state index contributed by atoms with van der Waals surface area (Å²) in [5.74, 6) is 4.92. The maximum atomic E-state index is 12.2. The Morgan fingerprint density at radius 2 is 2.19 bits per heavy atom. The van der Waals surface area contributed by atoms with Crippen molar-refractivity contribution >= 4 is 29.2 Å². The lowest BCUT2D eigenvalue weighted by Gasteiger charge is -2.20. The van der Waals surface area contributed by atoms with Crippen molar-refractivity contribution in [3.63, 3.8) is 0 Å². The first-order valence-electron chi connectivity index (χ1n) is 8.81. The lowest BCUT2D eigenvalue weighted by molar-refractivity contribution is -0.114. The molecule has 0 bridgehead atoms. The zero-order valence-electron chi connectivity index (χ0n) is 14.9. The van der Waals surface area contributed by atoms with Gasteiger partial charge in [-0.05, 0) is 19.3 Å². The summed E-state index contributed by atoms with van der Waals surface area (Å²) >= 11 is 1.43. The molecule has 0 radical (unpaired) electrons. The number of carbonyl (C=O) groups is 1. The third-order valence-corrected chi connectivity index (χ3v) is 5.03. The molecule has 0 aliphatic carbocycles. The van der Waals surface area contributed by atoms with E-state index < -0.39 is 5.91 Å². The molecule has 1 aromatic heterocycles. The Morgan fingerprint density at radius 3 is 2.93 bits per heavy atom. The molecule has 3 rings (SSSR count). The van der Waals surface area contributed by atoms with Gasteiger partial charge in [0.2, 0.25) is 0 Å². The van der Waals surface area contributed by atoms with Crippen molar-refractivity contribution in [1.29, 1.82) is 0 Å². The molecular formula is C18H22N6O2S. The Hall–Kier alpha value is -2.65. The van der Waals surface area contributed by atoms with Gasteiger partial charge in [-0.25, -0.2) is 0 Å². The molecule has 2 heterocycles. The number of nitrogens with zero attached hydrogens (tertiary/aromatic N) is 4. The molecule has 0 saturated carbocycles. The van der Waals surface area contributed by atoms with Gasteiger partial charge in [0.15, 0.2) is 5.71 Å². The van der Waals surface area contributed by atoms with E-state index in [9.17, 15) is 4.79 Å². The number of nitrogens with one attached hydrogen (secondary N) is 1. The predicted octanol–water partition coefficient (Wildman–Crippen LogP) is 1.78. The number of aromatic nitrogens is 2. The summed E-state index contributed by atoms with van der Waals surface area (Å²) < 4.78 is 5.60. The molecule has 8 nitrogen and oxygen atoms in total. The number of amides is 1. The average molecular weight is 386 g/mol. The van der Waals surface area contributed by atoms with Crippen LogP contribution in [0.3, 0.4) is 0 Å². The Bertz CT molecular complexity index is 799. The van der Waals surface area contributed by atoms with E-state index in [0.717, 1.165) is 36.4 Å². The van der Waals surface area contributed by atoms with E-state index >= 15 is 0 Å². The molecule has 1 unspecified atom stereocenters. The second-order valence-corrected chi connectivity index (χ2v) is 7.11. The lowest BCUT2D eigenvalue weighted by Crippen LogP contribution is -2.32. The second kappa shape index (κ2) is 9.89. The van der Waals surface area contributed by atoms with Gasteiger partial charge in [-0.1, -0.05) is 41.7 Å². The number of hydrazone groups is 1. The number of rotatable bonds is 7. The summed E-state index contributed by atoms with van der Waals surface area (Å²) in [6.07, 6.45) is 4.72. The van der Waals surface area contributed by atoms with Crippen LogP contribution in [0, 0.1) is 0 Å². The van der Waals surface area contributed by atoms with Gasteiger partial charge >= 0.3 is 0 Å². The maximum Gasteiger partial charge on any atom is 0.273 e. The van der Waals surface area contributed by atoms with Crippen LogP contribution in [-0.2, 0) is 16.1 Å². The van der Waals surface area contributed by atoms with Gasteiger partial charge in [0.25, 0.3) is 5.91 Å². The van der Waals surface area contributed by atoms with Crippen molar-refractivity contribution in [2.24, 2.45) is 15.9 Å². The highest BCUT2D eigenvalue weighted by Gasteiger charge is 2.14. The third kappa shape index (κ3) is 5.66. The molecular weight excluding hydrogens is 364 g/mol. The van der Waals surface area contributed by atoms with Crippen molar-refractivity contribution in [3.05, 3.63) is 35.3 Å². The van der Waals surface area contributed by atoms with Gasteiger partial charge in [0.05, 0.1) is 25.4 Å². The second-order valence-electron chi connectivity index (χ2n) is 6.05. The Labute approximate surface area is 161 Å². The van der Waals surface area contributed by atoms with E-state index in [2.05, 4.69) is 25.6 Å². The van der Waals surface area contributed by atoms with Crippen molar-refractivity contribution in [1.82, 2.24) is 15.5 Å². The molecule has 1 fully saturated rings. The molecule has 9 heteroatoms. The molecule has 3 N–H and O–H groups in total. The number of ether oxygens (including phenoxy) is 1. The first-order chi connectivity index (χ1) is 13.3. The van der Waals surface area contributed by atoms with Gasteiger partial charge in [-0.3, -0.25) is 9.79 Å². The highest BCUT2D eigenvalue weighted by Crippen LogP contribution is 2.22. The van der Waals surface area contributed by atoms with Crippen LogP contribution in [0.1, 0.15) is 24.3 Å². The van der Waals surface area contributed by atoms with Crippen LogP contribution < -0.4 is 11.2 Å². The van der Waals surface area contributed by atoms with Crippen molar-refractivity contribution < 1.29 is 9.53 Å².